The second-order valence-electron chi connectivity index (χ2n) is 5.75. The lowest BCUT2D eigenvalue weighted by Crippen LogP contribution is -2.49. The van der Waals surface area contributed by atoms with Crippen LogP contribution in [0.15, 0.2) is 17.2 Å². The molecule has 0 radical (unpaired) electrons. The van der Waals surface area contributed by atoms with Crippen LogP contribution in [0.2, 0.25) is 0 Å². The van der Waals surface area contributed by atoms with Gasteiger partial charge in [-0.15, -0.1) is 0 Å². The van der Waals surface area contributed by atoms with Gasteiger partial charge < -0.3 is 14.8 Å². The minimum absolute atomic E-state index is 0.0292. The minimum atomic E-state index is 0.0292. The van der Waals surface area contributed by atoms with Gasteiger partial charge in [-0.25, -0.2) is 4.98 Å². The second kappa shape index (κ2) is 6.88. The molecule has 0 spiro atoms. The van der Waals surface area contributed by atoms with Crippen molar-refractivity contribution in [3.05, 3.63) is 22.7 Å². The van der Waals surface area contributed by atoms with Crippen LogP contribution in [-0.2, 0) is 0 Å². The molecule has 2 heterocycles. The summed E-state index contributed by atoms with van der Waals surface area (Å²) >= 11 is 0. The van der Waals surface area contributed by atoms with Crippen molar-refractivity contribution in [1.29, 1.82) is 0 Å². The third kappa shape index (κ3) is 3.20. The molecule has 1 aliphatic heterocycles. The summed E-state index contributed by atoms with van der Waals surface area (Å²) in [7, 11) is 0. The third-order valence-corrected chi connectivity index (χ3v) is 3.85. The van der Waals surface area contributed by atoms with Crippen molar-refractivity contribution >= 4 is 5.82 Å². The molecule has 20 heavy (non-hydrogen) atoms. The fraction of sp³-hybridized carbons (Fsp3) is 0.733. The van der Waals surface area contributed by atoms with Gasteiger partial charge in [-0.2, -0.15) is 0 Å². The average Bonchev–Trinajstić information content (AvgIpc) is 2.46. The fourth-order valence-corrected chi connectivity index (χ4v) is 2.82. The Labute approximate surface area is 121 Å². The first-order valence-corrected chi connectivity index (χ1v) is 7.69. The molecule has 0 saturated carbocycles. The predicted octanol–water partition coefficient (Wildman–Crippen LogP) is 1.79. The highest BCUT2D eigenvalue weighted by molar-refractivity contribution is 5.37. The van der Waals surface area contributed by atoms with Crippen LogP contribution in [0.1, 0.15) is 46.1 Å². The SMILES string of the molecule is CCCN(c1nccn(C(C)C)c1=O)C1CCCNC1. The van der Waals surface area contributed by atoms with Gasteiger partial charge in [0.15, 0.2) is 5.82 Å². The van der Waals surface area contributed by atoms with E-state index in [0.29, 0.717) is 11.9 Å². The number of nitrogens with one attached hydrogen (secondary N) is 1. The molecule has 0 amide bonds. The number of aromatic nitrogens is 2. The van der Waals surface area contributed by atoms with E-state index in [-0.39, 0.29) is 11.6 Å². The van der Waals surface area contributed by atoms with E-state index < -0.39 is 0 Å². The summed E-state index contributed by atoms with van der Waals surface area (Å²) in [5.41, 5.74) is 0.0292. The molecule has 1 aliphatic rings. The lowest BCUT2D eigenvalue weighted by atomic mass is 10.1. The van der Waals surface area contributed by atoms with E-state index in [1.807, 2.05) is 13.8 Å². The smallest absolute Gasteiger partial charge is 0.293 e. The maximum Gasteiger partial charge on any atom is 0.293 e. The van der Waals surface area contributed by atoms with Gasteiger partial charge in [0.2, 0.25) is 0 Å². The molecule has 5 nitrogen and oxygen atoms in total. The van der Waals surface area contributed by atoms with E-state index in [9.17, 15) is 4.79 Å². The predicted molar refractivity (Wildman–Crippen MR) is 82.4 cm³/mol. The zero-order chi connectivity index (χ0) is 14.5. The largest absolute Gasteiger partial charge is 0.348 e. The highest BCUT2D eigenvalue weighted by atomic mass is 16.1. The molecule has 0 bridgehead atoms. The van der Waals surface area contributed by atoms with Crippen LogP contribution in [0.3, 0.4) is 0 Å². The summed E-state index contributed by atoms with van der Waals surface area (Å²) in [5, 5.41) is 3.42. The van der Waals surface area contributed by atoms with Crippen molar-refractivity contribution in [2.24, 2.45) is 0 Å². The molecule has 2 rings (SSSR count). The van der Waals surface area contributed by atoms with Crippen LogP contribution in [0.25, 0.3) is 0 Å². The monoisotopic (exact) mass is 278 g/mol. The molecule has 1 atom stereocenters. The summed E-state index contributed by atoms with van der Waals surface area (Å²) in [6, 6.07) is 0.545. The summed E-state index contributed by atoms with van der Waals surface area (Å²) in [5.74, 6) is 0.608. The van der Waals surface area contributed by atoms with E-state index in [1.54, 1.807) is 17.0 Å². The van der Waals surface area contributed by atoms with Crippen LogP contribution >= 0.6 is 0 Å². The molecule has 0 aromatic carbocycles. The van der Waals surface area contributed by atoms with Gasteiger partial charge >= 0.3 is 0 Å². The van der Waals surface area contributed by atoms with Crippen molar-refractivity contribution in [2.75, 3.05) is 24.5 Å². The first kappa shape index (κ1) is 15.0. The number of piperidine rings is 1. The van der Waals surface area contributed by atoms with Gasteiger partial charge in [-0.3, -0.25) is 4.79 Å². The Balaban J connectivity index is 2.33. The average molecular weight is 278 g/mol. The van der Waals surface area contributed by atoms with Crippen LogP contribution in [-0.4, -0.2) is 35.2 Å². The number of hydrogen-bond acceptors (Lipinski definition) is 4. The first-order chi connectivity index (χ1) is 9.65. The maximum atomic E-state index is 12.6. The zero-order valence-electron chi connectivity index (χ0n) is 12.8. The van der Waals surface area contributed by atoms with Gasteiger partial charge in [-0.1, -0.05) is 6.92 Å². The van der Waals surface area contributed by atoms with Crippen molar-refractivity contribution in [1.82, 2.24) is 14.9 Å². The zero-order valence-corrected chi connectivity index (χ0v) is 12.8. The lowest BCUT2D eigenvalue weighted by molar-refractivity contribution is 0.426. The maximum absolute atomic E-state index is 12.6. The Bertz CT molecular complexity index is 477. The molecule has 112 valence electrons. The highest BCUT2D eigenvalue weighted by Crippen LogP contribution is 2.16. The third-order valence-electron chi connectivity index (χ3n) is 3.85. The topological polar surface area (TPSA) is 50.2 Å². The van der Waals surface area contributed by atoms with Gasteiger partial charge in [0, 0.05) is 37.6 Å². The van der Waals surface area contributed by atoms with Crippen molar-refractivity contribution < 1.29 is 0 Å². The van der Waals surface area contributed by atoms with Gasteiger partial charge in [0.05, 0.1) is 0 Å². The van der Waals surface area contributed by atoms with Crippen molar-refractivity contribution in [3.8, 4) is 0 Å². The number of hydrogen-bond donors (Lipinski definition) is 1. The van der Waals surface area contributed by atoms with Crippen LogP contribution in [0.4, 0.5) is 5.82 Å². The van der Waals surface area contributed by atoms with E-state index in [4.69, 9.17) is 0 Å². The Kier molecular flexibility index (Phi) is 5.17. The van der Waals surface area contributed by atoms with Gasteiger partial charge in [0.1, 0.15) is 0 Å². The first-order valence-electron chi connectivity index (χ1n) is 7.69. The normalized spacial score (nSPS) is 19.3. The van der Waals surface area contributed by atoms with Crippen LogP contribution in [0.5, 0.6) is 0 Å². The molecule has 1 N–H and O–H groups in total. The summed E-state index contributed by atoms with van der Waals surface area (Å²) in [6.07, 6.45) is 6.84. The summed E-state index contributed by atoms with van der Waals surface area (Å²) in [4.78, 5) is 19.2. The van der Waals surface area contributed by atoms with Crippen molar-refractivity contribution in [2.45, 2.75) is 52.1 Å². The number of nitrogens with zero attached hydrogens (tertiary/aromatic N) is 3. The van der Waals surface area contributed by atoms with E-state index >= 15 is 0 Å². The van der Waals surface area contributed by atoms with Crippen LogP contribution in [0, 0.1) is 0 Å². The molecular weight excluding hydrogens is 252 g/mol. The van der Waals surface area contributed by atoms with Gasteiger partial charge in [0.25, 0.3) is 5.56 Å². The fourth-order valence-electron chi connectivity index (χ4n) is 2.82. The molecule has 0 aliphatic carbocycles. The quantitative estimate of drug-likeness (QED) is 0.892. The minimum Gasteiger partial charge on any atom is -0.348 e. The van der Waals surface area contributed by atoms with E-state index in [2.05, 4.69) is 22.1 Å². The van der Waals surface area contributed by atoms with Crippen LogP contribution < -0.4 is 15.8 Å². The molecule has 1 fully saturated rings. The molecule has 1 saturated heterocycles. The molecular formula is C15H26N4O. The van der Waals surface area contributed by atoms with E-state index in [1.165, 1.54) is 0 Å². The van der Waals surface area contributed by atoms with Crippen molar-refractivity contribution in [3.63, 3.8) is 0 Å². The summed E-state index contributed by atoms with van der Waals surface area (Å²) in [6.45, 7) is 9.10. The van der Waals surface area contributed by atoms with Gasteiger partial charge in [-0.05, 0) is 39.7 Å². The lowest BCUT2D eigenvalue weighted by Gasteiger charge is -2.35. The Morgan fingerprint density at radius 1 is 1.55 bits per heavy atom. The number of rotatable bonds is 5. The molecule has 1 aromatic rings. The second-order valence-corrected chi connectivity index (χ2v) is 5.75. The summed E-state index contributed by atoms with van der Waals surface area (Å²) < 4.78 is 1.77. The standard InChI is InChI=1S/C15H26N4O/c1-4-9-19(13-6-5-7-16-11-13)14-15(20)18(12(2)3)10-8-17-14/h8,10,12-13,16H,4-7,9,11H2,1-3H3. The number of anilines is 1. The Morgan fingerprint density at radius 3 is 2.95 bits per heavy atom. The van der Waals surface area contributed by atoms with E-state index in [0.717, 1.165) is 38.9 Å². The Morgan fingerprint density at radius 2 is 2.35 bits per heavy atom. The molecule has 5 heteroatoms. The highest BCUT2D eigenvalue weighted by Gasteiger charge is 2.24. The molecule has 1 aromatic heterocycles. The Hall–Kier alpha value is -1.36. The molecule has 1 unspecified atom stereocenters.